The van der Waals surface area contributed by atoms with E-state index < -0.39 is 5.72 Å². The summed E-state index contributed by atoms with van der Waals surface area (Å²) in [7, 11) is 0. The molecule has 2 aliphatic rings. The Morgan fingerprint density at radius 1 is 1.10 bits per heavy atom. The highest BCUT2D eigenvalue weighted by molar-refractivity contribution is 5.70. The number of hydrogen-bond acceptors (Lipinski definition) is 3. The summed E-state index contributed by atoms with van der Waals surface area (Å²) in [6.45, 7) is 15.2. The molecule has 2 aromatic carbocycles. The van der Waals surface area contributed by atoms with Gasteiger partial charge in [0, 0.05) is 36.4 Å². The second-order valence-corrected chi connectivity index (χ2v) is 9.20. The lowest BCUT2D eigenvalue weighted by molar-refractivity contribution is 0.000337. The van der Waals surface area contributed by atoms with Crippen LogP contribution in [0.3, 0.4) is 0 Å². The average Bonchev–Trinajstić information content (AvgIpc) is 3.22. The van der Waals surface area contributed by atoms with Crippen LogP contribution in [0.5, 0.6) is 0 Å². The Kier molecular flexibility index (Phi) is 5.20. The van der Waals surface area contributed by atoms with Gasteiger partial charge in [0.15, 0.2) is 5.72 Å². The van der Waals surface area contributed by atoms with Crippen LogP contribution >= 0.6 is 0 Å². The van der Waals surface area contributed by atoms with Crippen LogP contribution < -0.4 is 9.80 Å². The summed E-state index contributed by atoms with van der Waals surface area (Å²) < 4.78 is 6.44. The van der Waals surface area contributed by atoms with Gasteiger partial charge in [-0.25, -0.2) is 0 Å². The fraction of sp³-hybridized carbons (Fsp3) is 0.462. The van der Waals surface area contributed by atoms with Gasteiger partial charge in [-0.3, -0.25) is 0 Å². The molecule has 154 valence electrons. The molecule has 0 amide bonds. The highest BCUT2D eigenvalue weighted by Gasteiger charge is 2.58. The lowest BCUT2D eigenvalue weighted by Crippen LogP contribution is -2.51. The SMILES string of the molecule is CCN(CC(C)C)c1ccc(C=CC23OCCN2c2ccccc2C3(C)C)cc1. The van der Waals surface area contributed by atoms with Gasteiger partial charge in [0.2, 0.25) is 0 Å². The van der Waals surface area contributed by atoms with E-state index in [-0.39, 0.29) is 5.41 Å². The topological polar surface area (TPSA) is 15.7 Å². The van der Waals surface area contributed by atoms with E-state index in [0.717, 1.165) is 26.2 Å². The third-order valence-electron chi connectivity index (χ3n) is 6.53. The minimum absolute atomic E-state index is 0.104. The van der Waals surface area contributed by atoms with Crippen molar-refractivity contribution in [3.05, 3.63) is 65.7 Å². The lowest BCUT2D eigenvalue weighted by Gasteiger charge is -2.39. The van der Waals surface area contributed by atoms with E-state index >= 15 is 0 Å². The van der Waals surface area contributed by atoms with Gasteiger partial charge < -0.3 is 14.5 Å². The Labute approximate surface area is 176 Å². The molecular formula is C26H34N2O. The van der Waals surface area contributed by atoms with Crippen molar-refractivity contribution in [2.75, 3.05) is 36.0 Å². The quantitative estimate of drug-likeness (QED) is 0.629. The Hall–Kier alpha value is -2.26. The van der Waals surface area contributed by atoms with Crippen molar-refractivity contribution in [2.24, 2.45) is 5.92 Å². The molecule has 0 aromatic heterocycles. The van der Waals surface area contributed by atoms with E-state index in [4.69, 9.17) is 4.74 Å². The summed E-state index contributed by atoms with van der Waals surface area (Å²) in [5, 5.41) is 0. The van der Waals surface area contributed by atoms with Gasteiger partial charge >= 0.3 is 0 Å². The van der Waals surface area contributed by atoms with Crippen molar-refractivity contribution >= 4 is 17.5 Å². The average molecular weight is 391 g/mol. The number of para-hydroxylation sites is 1. The molecule has 2 aromatic rings. The van der Waals surface area contributed by atoms with Gasteiger partial charge in [-0.15, -0.1) is 0 Å². The van der Waals surface area contributed by atoms with Gasteiger partial charge in [0.25, 0.3) is 0 Å². The van der Waals surface area contributed by atoms with E-state index in [2.05, 4.69) is 105 Å². The molecule has 0 saturated carbocycles. The van der Waals surface area contributed by atoms with Crippen LogP contribution in [0.25, 0.3) is 6.08 Å². The van der Waals surface area contributed by atoms with Gasteiger partial charge in [0.05, 0.1) is 6.61 Å². The molecule has 0 radical (unpaired) electrons. The maximum Gasteiger partial charge on any atom is 0.170 e. The summed E-state index contributed by atoms with van der Waals surface area (Å²) in [6.07, 6.45) is 4.51. The standard InChI is InChI=1S/C26H34N2O/c1-6-27(19-20(2)3)22-13-11-21(12-14-22)15-16-26-25(4,5)23-9-7-8-10-24(23)28(26)17-18-29-26/h7-16,20H,6,17-19H2,1-5H3. The fourth-order valence-electron chi connectivity index (χ4n) is 4.99. The second kappa shape index (κ2) is 7.53. The molecule has 3 nitrogen and oxygen atoms in total. The van der Waals surface area contributed by atoms with Gasteiger partial charge in [-0.05, 0) is 48.2 Å². The van der Waals surface area contributed by atoms with Crippen LogP contribution in [0, 0.1) is 5.92 Å². The first kappa shape index (κ1) is 20.0. The molecular weight excluding hydrogens is 356 g/mol. The number of nitrogens with zero attached hydrogens (tertiary/aromatic N) is 2. The Morgan fingerprint density at radius 3 is 2.52 bits per heavy atom. The predicted octanol–water partition coefficient (Wildman–Crippen LogP) is 5.71. The first-order valence-electron chi connectivity index (χ1n) is 10.9. The third-order valence-corrected chi connectivity index (χ3v) is 6.53. The zero-order chi connectivity index (χ0) is 20.6. The minimum Gasteiger partial charge on any atom is -0.372 e. The van der Waals surface area contributed by atoms with Crippen LogP contribution in [0.2, 0.25) is 0 Å². The van der Waals surface area contributed by atoms with Crippen molar-refractivity contribution < 1.29 is 4.74 Å². The molecule has 1 saturated heterocycles. The van der Waals surface area contributed by atoms with Crippen molar-refractivity contribution in [3.63, 3.8) is 0 Å². The zero-order valence-corrected chi connectivity index (χ0v) is 18.5. The molecule has 1 unspecified atom stereocenters. The van der Waals surface area contributed by atoms with Crippen LogP contribution in [0.15, 0.2) is 54.6 Å². The van der Waals surface area contributed by atoms with Gasteiger partial charge in [0.1, 0.15) is 0 Å². The Bertz CT molecular complexity index is 884. The summed E-state index contributed by atoms with van der Waals surface area (Å²) in [5.74, 6) is 0.658. The van der Waals surface area contributed by atoms with E-state index in [0.29, 0.717) is 5.92 Å². The summed E-state index contributed by atoms with van der Waals surface area (Å²) >= 11 is 0. The maximum atomic E-state index is 6.44. The first-order chi connectivity index (χ1) is 13.9. The highest BCUT2D eigenvalue weighted by Crippen LogP contribution is 2.54. The monoisotopic (exact) mass is 390 g/mol. The van der Waals surface area contributed by atoms with E-state index in [1.165, 1.54) is 22.5 Å². The number of rotatable bonds is 6. The van der Waals surface area contributed by atoms with Crippen LogP contribution in [0.1, 0.15) is 45.7 Å². The van der Waals surface area contributed by atoms with Crippen molar-refractivity contribution in [1.82, 2.24) is 0 Å². The first-order valence-corrected chi connectivity index (χ1v) is 10.9. The smallest absolute Gasteiger partial charge is 0.170 e. The highest BCUT2D eigenvalue weighted by atomic mass is 16.5. The molecule has 0 aliphatic carbocycles. The Morgan fingerprint density at radius 2 is 1.83 bits per heavy atom. The molecule has 0 bridgehead atoms. The van der Waals surface area contributed by atoms with Crippen LogP contribution in [-0.2, 0) is 10.2 Å². The van der Waals surface area contributed by atoms with Crippen LogP contribution in [0.4, 0.5) is 11.4 Å². The van der Waals surface area contributed by atoms with Gasteiger partial charge in [-0.1, -0.05) is 64.1 Å². The molecule has 1 fully saturated rings. The van der Waals surface area contributed by atoms with Crippen LogP contribution in [-0.4, -0.2) is 32.0 Å². The molecule has 0 spiro atoms. The summed E-state index contributed by atoms with van der Waals surface area (Å²) in [5.41, 5.74) is 4.67. The van der Waals surface area contributed by atoms with Gasteiger partial charge in [-0.2, -0.15) is 0 Å². The number of hydrogen-bond donors (Lipinski definition) is 0. The predicted molar refractivity (Wildman–Crippen MR) is 124 cm³/mol. The molecule has 3 heteroatoms. The molecule has 1 atom stereocenters. The molecule has 2 aliphatic heterocycles. The minimum atomic E-state index is -0.414. The number of fused-ring (bicyclic) bond motifs is 3. The zero-order valence-electron chi connectivity index (χ0n) is 18.5. The molecule has 0 N–H and O–H groups in total. The van der Waals surface area contributed by atoms with Crippen molar-refractivity contribution in [1.29, 1.82) is 0 Å². The molecule has 2 heterocycles. The maximum absolute atomic E-state index is 6.44. The van der Waals surface area contributed by atoms with Crippen molar-refractivity contribution in [2.45, 2.75) is 45.8 Å². The third kappa shape index (κ3) is 3.26. The number of benzene rings is 2. The normalized spacial score (nSPS) is 22.3. The summed E-state index contributed by atoms with van der Waals surface area (Å²) in [4.78, 5) is 4.88. The van der Waals surface area contributed by atoms with E-state index in [1.54, 1.807) is 0 Å². The molecule has 4 rings (SSSR count). The fourth-order valence-corrected chi connectivity index (χ4v) is 4.99. The van der Waals surface area contributed by atoms with Crippen molar-refractivity contribution in [3.8, 4) is 0 Å². The molecule has 29 heavy (non-hydrogen) atoms. The van der Waals surface area contributed by atoms with E-state index in [1.807, 2.05) is 0 Å². The number of anilines is 2. The number of ether oxygens (including phenoxy) is 1. The lowest BCUT2D eigenvalue weighted by atomic mass is 9.77. The summed E-state index contributed by atoms with van der Waals surface area (Å²) in [6, 6.07) is 17.7. The largest absolute Gasteiger partial charge is 0.372 e. The Balaban J connectivity index is 1.61. The van der Waals surface area contributed by atoms with E-state index in [9.17, 15) is 0 Å². The second-order valence-electron chi connectivity index (χ2n) is 9.20.